The molecule has 96 valence electrons. The zero-order chi connectivity index (χ0) is 12.6. The van der Waals surface area contributed by atoms with Gasteiger partial charge in [-0.1, -0.05) is 19.0 Å². The van der Waals surface area contributed by atoms with Crippen molar-refractivity contribution in [2.24, 2.45) is 11.7 Å². The van der Waals surface area contributed by atoms with Gasteiger partial charge in [0.05, 0.1) is 11.6 Å². The van der Waals surface area contributed by atoms with Gasteiger partial charge in [0.25, 0.3) is 0 Å². The average Bonchev–Trinajstić information content (AvgIpc) is 2.62. The first-order valence-electron chi connectivity index (χ1n) is 6.23. The highest BCUT2D eigenvalue weighted by Crippen LogP contribution is 2.37. The predicted molar refractivity (Wildman–Crippen MR) is 65.3 cm³/mol. The highest BCUT2D eigenvalue weighted by Gasteiger charge is 2.39. The van der Waals surface area contributed by atoms with Crippen LogP contribution in [0, 0.1) is 5.92 Å². The van der Waals surface area contributed by atoms with Gasteiger partial charge in [0.1, 0.15) is 0 Å². The highest BCUT2D eigenvalue weighted by atomic mass is 16.5. The van der Waals surface area contributed by atoms with Crippen LogP contribution in [0.1, 0.15) is 50.9 Å². The van der Waals surface area contributed by atoms with Gasteiger partial charge in [0.15, 0.2) is 5.82 Å². The van der Waals surface area contributed by atoms with Crippen molar-refractivity contribution in [2.45, 2.75) is 44.7 Å². The van der Waals surface area contributed by atoms with Crippen molar-refractivity contribution < 1.29 is 4.52 Å². The Morgan fingerprint density at radius 1 is 1.35 bits per heavy atom. The van der Waals surface area contributed by atoms with Crippen LogP contribution in [-0.4, -0.2) is 29.1 Å². The number of rotatable bonds is 4. The van der Waals surface area contributed by atoms with E-state index in [-0.39, 0.29) is 11.6 Å². The molecule has 1 aliphatic rings. The van der Waals surface area contributed by atoms with Gasteiger partial charge in [-0.15, -0.1) is 0 Å². The molecule has 1 aliphatic carbocycles. The smallest absolute Gasteiger partial charge is 0.244 e. The van der Waals surface area contributed by atoms with Crippen LogP contribution in [0.25, 0.3) is 0 Å². The lowest BCUT2D eigenvalue weighted by Crippen LogP contribution is -2.44. The van der Waals surface area contributed by atoms with E-state index in [1.54, 1.807) is 0 Å². The van der Waals surface area contributed by atoms with Crippen molar-refractivity contribution >= 4 is 0 Å². The van der Waals surface area contributed by atoms with Gasteiger partial charge >= 0.3 is 0 Å². The van der Waals surface area contributed by atoms with E-state index in [1.807, 2.05) is 14.1 Å². The molecule has 1 fully saturated rings. The van der Waals surface area contributed by atoms with Gasteiger partial charge in [-0.05, 0) is 39.3 Å². The van der Waals surface area contributed by atoms with Gasteiger partial charge in [-0.2, -0.15) is 4.98 Å². The molecule has 2 rings (SSSR count). The van der Waals surface area contributed by atoms with Gasteiger partial charge in [0, 0.05) is 0 Å². The maximum Gasteiger partial charge on any atom is 0.244 e. The fourth-order valence-corrected chi connectivity index (χ4v) is 2.44. The summed E-state index contributed by atoms with van der Waals surface area (Å²) in [5.41, 5.74) is 5.85. The summed E-state index contributed by atoms with van der Waals surface area (Å²) >= 11 is 0. The van der Waals surface area contributed by atoms with E-state index in [0.717, 1.165) is 19.3 Å². The Balaban J connectivity index is 2.22. The summed E-state index contributed by atoms with van der Waals surface area (Å²) in [6.07, 6.45) is 3.07. The van der Waals surface area contributed by atoms with Crippen molar-refractivity contribution in [3.05, 3.63) is 11.7 Å². The quantitative estimate of drug-likeness (QED) is 0.864. The van der Waals surface area contributed by atoms with Gasteiger partial charge in [-0.25, -0.2) is 0 Å². The molecule has 0 aromatic carbocycles. The summed E-state index contributed by atoms with van der Waals surface area (Å²) in [5, 5.41) is 4.06. The molecule has 0 radical (unpaired) electrons. The SMILES string of the molecule is CC(C)[C@@H](c1nc(C2(N)CCC2)no1)N(C)C. The van der Waals surface area contributed by atoms with E-state index < -0.39 is 0 Å². The van der Waals surface area contributed by atoms with Crippen LogP contribution >= 0.6 is 0 Å². The first-order valence-corrected chi connectivity index (χ1v) is 6.23. The van der Waals surface area contributed by atoms with E-state index in [1.165, 1.54) is 0 Å². The molecule has 0 unspecified atom stereocenters. The largest absolute Gasteiger partial charge is 0.338 e. The molecule has 0 aliphatic heterocycles. The van der Waals surface area contributed by atoms with Gasteiger partial charge < -0.3 is 10.3 Å². The predicted octanol–water partition coefficient (Wildman–Crippen LogP) is 1.67. The summed E-state index contributed by atoms with van der Waals surface area (Å²) < 4.78 is 5.39. The summed E-state index contributed by atoms with van der Waals surface area (Å²) in [4.78, 5) is 6.61. The first kappa shape index (κ1) is 12.5. The van der Waals surface area contributed by atoms with Gasteiger partial charge in [-0.3, -0.25) is 4.90 Å². The summed E-state index contributed by atoms with van der Waals surface area (Å²) in [6.45, 7) is 4.30. The molecular weight excluding hydrogens is 216 g/mol. The lowest BCUT2D eigenvalue weighted by atomic mass is 9.77. The monoisotopic (exact) mass is 238 g/mol. The second-order valence-electron chi connectivity index (χ2n) is 5.62. The van der Waals surface area contributed by atoms with Crippen LogP contribution in [0.2, 0.25) is 0 Å². The van der Waals surface area contributed by atoms with E-state index >= 15 is 0 Å². The molecule has 17 heavy (non-hydrogen) atoms. The molecule has 1 heterocycles. The third-order valence-corrected chi connectivity index (χ3v) is 3.57. The van der Waals surface area contributed by atoms with Crippen LogP contribution in [0.5, 0.6) is 0 Å². The molecule has 0 bridgehead atoms. The van der Waals surface area contributed by atoms with Crippen LogP contribution in [-0.2, 0) is 5.54 Å². The number of nitrogens with two attached hydrogens (primary N) is 1. The second kappa shape index (κ2) is 4.38. The fourth-order valence-electron chi connectivity index (χ4n) is 2.44. The van der Waals surface area contributed by atoms with Crippen LogP contribution < -0.4 is 5.73 Å². The van der Waals surface area contributed by atoms with Crippen molar-refractivity contribution in [2.75, 3.05) is 14.1 Å². The third kappa shape index (κ3) is 2.21. The number of aromatic nitrogens is 2. The summed E-state index contributed by atoms with van der Waals surface area (Å²) in [5.74, 6) is 1.77. The fraction of sp³-hybridized carbons (Fsp3) is 0.833. The summed E-state index contributed by atoms with van der Waals surface area (Å²) in [7, 11) is 4.05. The van der Waals surface area contributed by atoms with Crippen molar-refractivity contribution in [3.63, 3.8) is 0 Å². The molecule has 0 amide bonds. The minimum atomic E-state index is -0.338. The minimum absolute atomic E-state index is 0.153. The zero-order valence-corrected chi connectivity index (χ0v) is 11.1. The van der Waals surface area contributed by atoms with Crippen molar-refractivity contribution in [3.8, 4) is 0 Å². The number of hydrogen-bond donors (Lipinski definition) is 1. The highest BCUT2D eigenvalue weighted by molar-refractivity contribution is 5.09. The number of nitrogens with zero attached hydrogens (tertiary/aromatic N) is 3. The zero-order valence-electron chi connectivity index (χ0n) is 11.1. The Morgan fingerprint density at radius 3 is 2.41 bits per heavy atom. The van der Waals surface area contributed by atoms with E-state index in [0.29, 0.717) is 17.6 Å². The van der Waals surface area contributed by atoms with E-state index in [2.05, 4.69) is 28.9 Å². The molecule has 1 saturated carbocycles. The van der Waals surface area contributed by atoms with Crippen LogP contribution in [0.3, 0.4) is 0 Å². The number of hydrogen-bond acceptors (Lipinski definition) is 5. The Labute approximate surface area is 102 Å². The maximum atomic E-state index is 6.19. The van der Waals surface area contributed by atoms with E-state index in [4.69, 9.17) is 10.3 Å². The molecule has 1 aromatic heterocycles. The Kier molecular flexibility index (Phi) is 3.23. The van der Waals surface area contributed by atoms with Crippen molar-refractivity contribution in [1.82, 2.24) is 15.0 Å². The third-order valence-electron chi connectivity index (χ3n) is 3.57. The minimum Gasteiger partial charge on any atom is -0.338 e. The van der Waals surface area contributed by atoms with Gasteiger partial charge in [0.2, 0.25) is 5.89 Å². The van der Waals surface area contributed by atoms with Crippen LogP contribution in [0.15, 0.2) is 4.52 Å². The Hall–Kier alpha value is -0.940. The second-order valence-corrected chi connectivity index (χ2v) is 5.62. The molecule has 0 spiro atoms. The topological polar surface area (TPSA) is 68.2 Å². The molecule has 5 nitrogen and oxygen atoms in total. The molecule has 2 N–H and O–H groups in total. The molecule has 0 saturated heterocycles. The Bertz CT molecular complexity index is 374. The lowest BCUT2D eigenvalue weighted by molar-refractivity contribution is 0.180. The first-order chi connectivity index (χ1) is 7.94. The summed E-state index contributed by atoms with van der Waals surface area (Å²) in [6, 6.07) is 0.153. The Morgan fingerprint density at radius 2 is 2.00 bits per heavy atom. The maximum absolute atomic E-state index is 6.19. The van der Waals surface area contributed by atoms with Crippen molar-refractivity contribution in [1.29, 1.82) is 0 Å². The molecular formula is C12H22N4O. The standard InChI is InChI=1S/C12H22N4O/c1-8(2)9(16(3)4)10-14-11(15-17-10)12(13)6-5-7-12/h8-9H,5-7,13H2,1-4H3/t9-/m0/s1. The van der Waals surface area contributed by atoms with E-state index in [9.17, 15) is 0 Å². The molecule has 5 heteroatoms. The lowest BCUT2D eigenvalue weighted by Gasteiger charge is -2.34. The normalized spacial score (nSPS) is 20.6. The molecule has 1 aromatic rings. The molecule has 1 atom stereocenters. The average molecular weight is 238 g/mol. The van der Waals surface area contributed by atoms with Crippen LogP contribution in [0.4, 0.5) is 0 Å².